The van der Waals surface area contributed by atoms with Crippen molar-refractivity contribution in [3.05, 3.63) is 27.8 Å². The largest absolute Gasteiger partial charge is 0.454 e. The van der Waals surface area contributed by atoms with Crippen molar-refractivity contribution in [2.75, 3.05) is 6.79 Å². The Labute approximate surface area is 135 Å². The zero-order valence-electron chi connectivity index (χ0n) is 12.5. The molecule has 2 fully saturated rings. The van der Waals surface area contributed by atoms with Crippen LogP contribution >= 0.6 is 0 Å². The molecule has 1 aromatic carbocycles. The van der Waals surface area contributed by atoms with Crippen LogP contribution in [0.3, 0.4) is 0 Å². The maximum Gasteiger partial charge on any atom is 0.284 e. The number of carbonyl (C=O) groups is 3. The lowest BCUT2D eigenvalue weighted by atomic mass is 9.75. The van der Waals surface area contributed by atoms with Gasteiger partial charge in [0.25, 0.3) is 5.69 Å². The molecule has 124 valence electrons. The summed E-state index contributed by atoms with van der Waals surface area (Å²) in [5.74, 6) is -3.30. The number of hydrogen-bond acceptors (Lipinski definition) is 7. The maximum atomic E-state index is 12.8. The summed E-state index contributed by atoms with van der Waals surface area (Å²) in [5, 5.41) is 11.3. The molecule has 8 nitrogen and oxygen atoms in total. The molecule has 0 spiro atoms. The van der Waals surface area contributed by atoms with Crippen LogP contribution in [0.2, 0.25) is 0 Å². The third kappa shape index (κ3) is 2.02. The van der Waals surface area contributed by atoms with E-state index in [4.69, 9.17) is 9.47 Å². The van der Waals surface area contributed by atoms with Crippen molar-refractivity contribution in [2.24, 2.45) is 17.8 Å². The van der Waals surface area contributed by atoms with E-state index in [1.165, 1.54) is 6.07 Å². The fraction of sp³-hybridized carbons (Fsp3) is 0.438. The summed E-state index contributed by atoms with van der Waals surface area (Å²) in [5.41, 5.74) is -0.764. The van der Waals surface area contributed by atoms with Crippen LogP contribution in [0.1, 0.15) is 29.6 Å². The number of carbonyl (C=O) groups excluding carboxylic acids is 3. The van der Waals surface area contributed by atoms with Gasteiger partial charge in [0, 0.05) is 17.9 Å². The van der Waals surface area contributed by atoms with Gasteiger partial charge in [0.2, 0.25) is 6.79 Å². The third-order valence-corrected chi connectivity index (χ3v) is 5.02. The molecule has 0 amide bonds. The van der Waals surface area contributed by atoms with Crippen LogP contribution in [0.5, 0.6) is 11.5 Å². The highest BCUT2D eigenvalue weighted by molar-refractivity contribution is 6.27. The summed E-state index contributed by atoms with van der Waals surface area (Å²) >= 11 is 0. The van der Waals surface area contributed by atoms with Gasteiger partial charge in [-0.05, 0) is 19.3 Å². The van der Waals surface area contributed by atoms with E-state index in [2.05, 4.69) is 0 Å². The molecular formula is C16H13NO7. The first-order valence-electron chi connectivity index (χ1n) is 7.67. The van der Waals surface area contributed by atoms with Gasteiger partial charge < -0.3 is 9.47 Å². The molecule has 2 aliphatic carbocycles. The molecule has 1 aromatic rings. The van der Waals surface area contributed by atoms with Crippen molar-refractivity contribution >= 4 is 23.0 Å². The van der Waals surface area contributed by atoms with E-state index in [0.29, 0.717) is 19.3 Å². The van der Waals surface area contributed by atoms with Gasteiger partial charge in [-0.15, -0.1) is 0 Å². The molecule has 0 radical (unpaired) electrons. The molecule has 2 unspecified atom stereocenters. The lowest BCUT2D eigenvalue weighted by Crippen LogP contribution is -2.41. The van der Waals surface area contributed by atoms with E-state index in [1.54, 1.807) is 0 Å². The number of ether oxygens (including phenoxy) is 2. The van der Waals surface area contributed by atoms with Gasteiger partial charge in [0.15, 0.2) is 28.8 Å². The number of ketones is 3. The number of nitro benzene ring substituents is 1. The minimum absolute atomic E-state index is 0.102. The Morgan fingerprint density at radius 1 is 1.08 bits per heavy atom. The summed E-state index contributed by atoms with van der Waals surface area (Å²) < 4.78 is 10.2. The average Bonchev–Trinajstić information content (AvgIpc) is 3.19. The van der Waals surface area contributed by atoms with Gasteiger partial charge in [-0.3, -0.25) is 24.5 Å². The van der Waals surface area contributed by atoms with Crippen LogP contribution in [0.25, 0.3) is 0 Å². The molecule has 1 heterocycles. The quantitative estimate of drug-likeness (QED) is 0.358. The number of benzene rings is 1. The Balaban J connectivity index is 1.78. The molecule has 24 heavy (non-hydrogen) atoms. The SMILES string of the molecule is O=C(c1cc2c(cc1[N+](=O)[O-])OCO2)C1C(=O)C2CCC(C2)C1=O. The van der Waals surface area contributed by atoms with E-state index in [1.807, 2.05) is 0 Å². The Kier molecular flexibility index (Phi) is 3.16. The smallest absolute Gasteiger partial charge is 0.284 e. The van der Waals surface area contributed by atoms with Crippen LogP contribution in [-0.4, -0.2) is 29.1 Å². The van der Waals surface area contributed by atoms with Crippen LogP contribution in [0.4, 0.5) is 5.69 Å². The molecule has 2 bridgehead atoms. The third-order valence-electron chi connectivity index (χ3n) is 5.02. The second-order valence-electron chi connectivity index (χ2n) is 6.29. The van der Waals surface area contributed by atoms with Gasteiger partial charge in [-0.2, -0.15) is 0 Å². The number of rotatable bonds is 3. The molecule has 2 saturated carbocycles. The Bertz CT molecular complexity index is 778. The van der Waals surface area contributed by atoms with Gasteiger partial charge in [-0.1, -0.05) is 0 Å². The van der Waals surface area contributed by atoms with Crippen molar-refractivity contribution < 1.29 is 28.8 Å². The summed E-state index contributed by atoms with van der Waals surface area (Å²) in [6.45, 7) is -0.102. The van der Waals surface area contributed by atoms with Crippen LogP contribution < -0.4 is 9.47 Å². The van der Waals surface area contributed by atoms with Gasteiger partial charge >= 0.3 is 0 Å². The molecule has 4 rings (SSSR count). The summed E-state index contributed by atoms with van der Waals surface area (Å²) in [6, 6.07) is 2.29. The average molecular weight is 331 g/mol. The summed E-state index contributed by atoms with van der Waals surface area (Å²) in [7, 11) is 0. The van der Waals surface area contributed by atoms with Crippen molar-refractivity contribution in [1.82, 2.24) is 0 Å². The van der Waals surface area contributed by atoms with E-state index in [-0.39, 0.29) is 35.7 Å². The highest BCUT2D eigenvalue weighted by Crippen LogP contribution is 2.43. The van der Waals surface area contributed by atoms with Gasteiger partial charge in [0.1, 0.15) is 11.5 Å². The van der Waals surface area contributed by atoms with Crippen molar-refractivity contribution in [1.29, 1.82) is 0 Å². The Hall–Kier alpha value is -2.77. The predicted molar refractivity (Wildman–Crippen MR) is 77.9 cm³/mol. The van der Waals surface area contributed by atoms with E-state index < -0.39 is 33.9 Å². The van der Waals surface area contributed by atoms with Gasteiger partial charge in [-0.25, -0.2) is 0 Å². The molecular weight excluding hydrogens is 318 g/mol. The summed E-state index contributed by atoms with van der Waals surface area (Å²) in [6.07, 6.45) is 1.69. The van der Waals surface area contributed by atoms with E-state index in [9.17, 15) is 24.5 Å². The summed E-state index contributed by atoms with van der Waals surface area (Å²) in [4.78, 5) is 48.3. The number of fused-ring (bicyclic) bond motifs is 3. The molecule has 2 atom stereocenters. The van der Waals surface area contributed by atoms with Crippen molar-refractivity contribution in [3.8, 4) is 11.5 Å². The number of hydrogen-bond donors (Lipinski definition) is 0. The Morgan fingerprint density at radius 3 is 2.25 bits per heavy atom. The lowest BCUT2D eigenvalue weighted by Gasteiger charge is -2.24. The maximum absolute atomic E-state index is 12.8. The first kappa shape index (κ1) is 14.8. The fourth-order valence-electron chi connectivity index (χ4n) is 3.80. The molecule has 0 saturated heterocycles. The van der Waals surface area contributed by atoms with Crippen LogP contribution in [0, 0.1) is 27.9 Å². The topological polar surface area (TPSA) is 113 Å². The Morgan fingerprint density at radius 2 is 1.67 bits per heavy atom. The van der Waals surface area contributed by atoms with Crippen molar-refractivity contribution in [2.45, 2.75) is 19.3 Å². The van der Waals surface area contributed by atoms with E-state index in [0.717, 1.165) is 6.07 Å². The van der Waals surface area contributed by atoms with Crippen molar-refractivity contribution in [3.63, 3.8) is 0 Å². The minimum Gasteiger partial charge on any atom is -0.454 e. The van der Waals surface area contributed by atoms with E-state index >= 15 is 0 Å². The second kappa shape index (κ2) is 5.12. The molecule has 1 aliphatic heterocycles. The second-order valence-corrected chi connectivity index (χ2v) is 6.29. The molecule has 3 aliphatic rings. The standard InChI is InChI=1S/C16H13NO7/c18-14-7-1-2-8(3-7)15(19)13(14)16(20)9-4-11-12(24-6-23-11)5-10(9)17(21)22/h4-5,7-8,13H,1-3,6H2. The normalized spacial score (nSPS) is 27.4. The first-order valence-corrected chi connectivity index (χ1v) is 7.67. The van der Waals surface area contributed by atoms with Crippen LogP contribution in [0.15, 0.2) is 12.1 Å². The fourth-order valence-corrected chi connectivity index (χ4v) is 3.80. The molecule has 8 heteroatoms. The highest BCUT2D eigenvalue weighted by Gasteiger charge is 2.51. The number of nitro groups is 1. The first-order chi connectivity index (χ1) is 11.5. The van der Waals surface area contributed by atoms with Crippen LogP contribution in [-0.2, 0) is 9.59 Å². The highest BCUT2D eigenvalue weighted by atomic mass is 16.7. The monoisotopic (exact) mass is 331 g/mol. The number of Topliss-reactive ketones (excluding diaryl/α,β-unsaturated/α-hetero) is 3. The molecule has 0 aromatic heterocycles. The zero-order valence-corrected chi connectivity index (χ0v) is 12.5. The zero-order chi connectivity index (χ0) is 17.0. The predicted octanol–water partition coefficient (Wildman–Crippen LogP) is 1.69. The minimum atomic E-state index is -1.43. The lowest BCUT2D eigenvalue weighted by molar-refractivity contribution is -0.385. The van der Waals surface area contributed by atoms with Gasteiger partial charge in [0.05, 0.1) is 11.0 Å². The number of nitrogens with zero attached hydrogens (tertiary/aromatic N) is 1. The molecule has 0 N–H and O–H groups in total.